The van der Waals surface area contributed by atoms with E-state index in [0.29, 0.717) is 0 Å². The van der Waals surface area contributed by atoms with Gasteiger partial charge in [0.2, 0.25) is 0 Å². The molecule has 0 aliphatic rings. The fraction of sp³-hybridized carbons (Fsp3) is 0.412. The van der Waals surface area contributed by atoms with Gasteiger partial charge in [-0.05, 0) is 25.0 Å². The largest absolute Gasteiger partial charge is 0.370 e. The first-order valence-corrected chi connectivity index (χ1v) is 7.73. The maximum atomic E-state index is 4.45. The van der Waals surface area contributed by atoms with Crippen LogP contribution in [0.1, 0.15) is 33.1 Å². The van der Waals surface area contributed by atoms with Gasteiger partial charge in [0.15, 0.2) is 0 Å². The molecule has 0 bridgehead atoms. The molecule has 2 aromatic rings. The highest BCUT2D eigenvalue weighted by Gasteiger charge is 2.10. The fourth-order valence-electron chi connectivity index (χ4n) is 2.14. The lowest BCUT2D eigenvalue weighted by molar-refractivity contribution is 0.778. The van der Waals surface area contributed by atoms with Crippen molar-refractivity contribution in [3.63, 3.8) is 0 Å². The van der Waals surface area contributed by atoms with Crippen molar-refractivity contribution in [2.45, 2.75) is 33.1 Å². The van der Waals surface area contributed by atoms with E-state index in [1.165, 1.54) is 5.69 Å². The third-order valence-corrected chi connectivity index (χ3v) is 3.29. The predicted octanol–water partition coefficient (Wildman–Crippen LogP) is 4.24. The van der Waals surface area contributed by atoms with Crippen LogP contribution >= 0.6 is 0 Å². The maximum absolute atomic E-state index is 4.45. The first-order chi connectivity index (χ1) is 10.3. The molecule has 0 aliphatic carbocycles. The molecule has 0 unspecified atom stereocenters. The van der Waals surface area contributed by atoms with Crippen molar-refractivity contribution in [1.29, 1.82) is 0 Å². The maximum Gasteiger partial charge on any atom is 0.138 e. The topological polar surface area (TPSA) is 41.0 Å². The Morgan fingerprint density at radius 1 is 1.05 bits per heavy atom. The lowest BCUT2D eigenvalue weighted by atomic mass is 10.2. The standard InChI is InChI=1S/C17H24N4/c1-3-5-12-21(15-9-7-6-8-10-15)17-13-16(18-11-4-2)19-14-20-17/h6-10,13-14H,3-5,11-12H2,1-2H3,(H,18,19,20). The van der Waals surface area contributed by atoms with Crippen molar-refractivity contribution in [2.24, 2.45) is 0 Å². The van der Waals surface area contributed by atoms with E-state index in [2.05, 4.69) is 58.3 Å². The SMILES string of the molecule is CCCCN(c1ccccc1)c1cc(NCCC)ncn1. The van der Waals surface area contributed by atoms with Gasteiger partial charge in [0.25, 0.3) is 0 Å². The van der Waals surface area contributed by atoms with Crippen LogP contribution in [0, 0.1) is 0 Å². The van der Waals surface area contributed by atoms with Crippen LogP contribution < -0.4 is 10.2 Å². The summed E-state index contributed by atoms with van der Waals surface area (Å²) in [6.07, 6.45) is 5.01. The minimum atomic E-state index is 0.888. The summed E-state index contributed by atoms with van der Waals surface area (Å²) in [6.45, 7) is 6.24. The van der Waals surface area contributed by atoms with E-state index in [9.17, 15) is 0 Å². The minimum Gasteiger partial charge on any atom is -0.370 e. The van der Waals surface area contributed by atoms with Gasteiger partial charge in [0.1, 0.15) is 18.0 Å². The van der Waals surface area contributed by atoms with E-state index < -0.39 is 0 Å². The monoisotopic (exact) mass is 284 g/mol. The molecule has 4 nitrogen and oxygen atoms in total. The minimum absolute atomic E-state index is 0.888. The molecule has 1 aromatic carbocycles. The molecule has 0 atom stereocenters. The Morgan fingerprint density at radius 3 is 2.57 bits per heavy atom. The number of para-hydroxylation sites is 1. The molecule has 2 rings (SSSR count). The summed E-state index contributed by atoms with van der Waals surface area (Å²) in [4.78, 5) is 11.0. The van der Waals surface area contributed by atoms with Crippen LogP contribution in [0.5, 0.6) is 0 Å². The molecule has 0 radical (unpaired) electrons. The number of aromatic nitrogens is 2. The van der Waals surface area contributed by atoms with E-state index in [0.717, 1.165) is 44.0 Å². The highest BCUT2D eigenvalue weighted by atomic mass is 15.2. The van der Waals surface area contributed by atoms with E-state index >= 15 is 0 Å². The molecular weight excluding hydrogens is 260 g/mol. The van der Waals surface area contributed by atoms with Crippen LogP contribution in [0.15, 0.2) is 42.7 Å². The van der Waals surface area contributed by atoms with Crippen molar-refractivity contribution in [2.75, 3.05) is 23.3 Å². The molecule has 0 fully saturated rings. The lowest BCUT2D eigenvalue weighted by Gasteiger charge is -2.24. The van der Waals surface area contributed by atoms with Crippen molar-refractivity contribution in [3.8, 4) is 0 Å². The van der Waals surface area contributed by atoms with Gasteiger partial charge in [-0.15, -0.1) is 0 Å². The van der Waals surface area contributed by atoms with Crippen molar-refractivity contribution >= 4 is 17.3 Å². The number of benzene rings is 1. The van der Waals surface area contributed by atoms with Crippen LogP contribution in [0.25, 0.3) is 0 Å². The number of nitrogens with zero attached hydrogens (tertiary/aromatic N) is 3. The van der Waals surface area contributed by atoms with Gasteiger partial charge in [-0.2, -0.15) is 0 Å². The van der Waals surface area contributed by atoms with E-state index in [-0.39, 0.29) is 0 Å². The second kappa shape index (κ2) is 8.25. The predicted molar refractivity (Wildman–Crippen MR) is 89.2 cm³/mol. The van der Waals surface area contributed by atoms with Crippen LogP contribution in [-0.2, 0) is 0 Å². The third kappa shape index (κ3) is 4.45. The number of hydrogen-bond acceptors (Lipinski definition) is 4. The van der Waals surface area contributed by atoms with Crippen LogP contribution in [-0.4, -0.2) is 23.1 Å². The summed E-state index contributed by atoms with van der Waals surface area (Å²) < 4.78 is 0. The Balaban J connectivity index is 2.23. The van der Waals surface area contributed by atoms with Gasteiger partial charge >= 0.3 is 0 Å². The van der Waals surface area contributed by atoms with Gasteiger partial charge in [0, 0.05) is 24.8 Å². The average Bonchev–Trinajstić information content (AvgIpc) is 2.55. The zero-order valence-electron chi connectivity index (χ0n) is 12.9. The second-order valence-electron chi connectivity index (χ2n) is 5.03. The van der Waals surface area contributed by atoms with Gasteiger partial charge in [-0.3, -0.25) is 0 Å². The Labute approximate surface area is 127 Å². The molecule has 112 valence electrons. The molecule has 1 aromatic heterocycles. The summed E-state index contributed by atoms with van der Waals surface area (Å²) in [5, 5.41) is 3.32. The number of anilines is 3. The first kappa shape index (κ1) is 15.3. The summed E-state index contributed by atoms with van der Waals surface area (Å²) in [5.74, 6) is 1.84. The molecule has 4 heteroatoms. The summed E-state index contributed by atoms with van der Waals surface area (Å²) in [6, 6.07) is 12.4. The summed E-state index contributed by atoms with van der Waals surface area (Å²) >= 11 is 0. The van der Waals surface area contributed by atoms with Gasteiger partial charge in [-0.25, -0.2) is 9.97 Å². The molecule has 1 N–H and O–H groups in total. The van der Waals surface area contributed by atoms with Gasteiger partial charge in [-0.1, -0.05) is 38.5 Å². The highest BCUT2D eigenvalue weighted by Crippen LogP contribution is 2.24. The lowest BCUT2D eigenvalue weighted by Crippen LogP contribution is -2.20. The molecule has 1 heterocycles. The molecule has 0 spiro atoms. The zero-order valence-corrected chi connectivity index (χ0v) is 12.9. The van der Waals surface area contributed by atoms with E-state index in [1.54, 1.807) is 6.33 Å². The summed E-state index contributed by atoms with van der Waals surface area (Å²) in [5.41, 5.74) is 1.17. The number of hydrogen-bond donors (Lipinski definition) is 1. The van der Waals surface area contributed by atoms with Gasteiger partial charge < -0.3 is 10.2 Å². The fourth-order valence-corrected chi connectivity index (χ4v) is 2.14. The molecule has 0 amide bonds. The third-order valence-electron chi connectivity index (χ3n) is 3.29. The van der Waals surface area contributed by atoms with E-state index in [4.69, 9.17) is 0 Å². The molecule has 0 aliphatic heterocycles. The smallest absolute Gasteiger partial charge is 0.138 e. The van der Waals surface area contributed by atoms with Crippen molar-refractivity contribution in [1.82, 2.24) is 9.97 Å². The Bertz CT molecular complexity index is 527. The van der Waals surface area contributed by atoms with Crippen molar-refractivity contribution < 1.29 is 0 Å². The molecule has 21 heavy (non-hydrogen) atoms. The first-order valence-electron chi connectivity index (χ1n) is 7.73. The zero-order chi connectivity index (χ0) is 14.9. The Hall–Kier alpha value is -2.10. The number of unbranched alkanes of at least 4 members (excludes halogenated alkanes) is 1. The van der Waals surface area contributed by atoms with Crippen LogP contribution in [0.3, 0.4) is 0 Å². The van der Waals surface area contributed by atoms with Crippen molar-refractivity contribution in [3.05, 3.63) is 42.7 Å². The number of rotatable bonds is 8. The van der Waals surface area contributed by atoms with Gasteiger partial charge in [0.05, 0.1) is 0 Å². The number of nitrogens with one attached hydrogen (secondary N) is 1. The Kier molecular flexibility index (Phi) is 6.00. The van der Waals surface area contributed by atoms with Crippen LogP contribution in [0.4, 0.5) is 17.3 Å². The summed E-state index contributed by atoms with van der Waals surface area (Å²) in [7, 11) is 0. The van der Waals surface area contributed by atoms with Crippen LogP contribution in [0.2, 0.25) is 0 Å². The second-order valence-corrected chi connectivity index (χ2v) is 5.03. The van der Waals surface area contributed by atoms with E-state index in [1.807, 2.05) is 12.1 Å². The Morgan fingerprint density at radius 2 is 1.86 bits per heavy atom. The average molecular weight is 284 g/mol. The quantitative estimate of drug-likeness (QED) is 0.787. The normalized spacial score (nSPS) is 10.4. The highest BCUT2D eigenvalue weighted by molar-refractivity contribution is 5.62. The molecule has 0 saturated carbocycles. The molecular formula is C17H24N4. The molecule has 0 saturated heterocycles.